The lowest BCUT2D eigenvalue weighted by molar-refractivity contribution is -0.163. The Balaban J connectivity index is 1.63. The van der Waals surface area contributed by atoms with Gasteiger partial charge >= 0.3 is 5.97 Å². The van der Waals surface area contributed by atoms with E-state index in [0.717, 1.165) is 0 Å². The highest BCUT2D eigenvalue weighted by atomic mass is 16.6. The number of likely N-dealkylation sites (tertiary alicyclic amines) is 1. The second-order valence-electron chi connectivity index (χ2n) is 12.9. The number of carbonyl (C=O) groups is 4. The average molecular weight is 624 g/mol. The molecule has 2 saturated heterocycles. The number of cyclic esters (lactones) is 1. The van der Waals surface area contributed by atoms with Gasteiger partial charge in [0.2, 0.25) is 17.7 Å². The Morgan fingerprint density at radius 1 is 1.07 bits per heavy atom. The maximum atomic E-state index is 14.6. The molecule has 4 aliphatic heterocycles. The molecule has 1 spiro atoms. The van der Waals surface area contributed by atoms with Crippen molar-refractivity contribution in [2.45, 2.75) is 82.5 Å². The number of hydrogen-bond acceptors (Lipinski definition) is 8. The van der Waals surface area contributed by atoms with Crippen molar-refractivity contribution in [1.82, 2.24) is 15.1 Å². The highest BCUT2D eigenvalue weighted by Crippen LogP contribution is 2.56. The molecule has 0 unspecified atom stereocenters. The van der Waals surface area contributed by atoms with E-state index < -0.39 is 59.6 Å². The van der Waals surface area contributed by atoms with Crippen LogP contribution in [0.5, 0.6) is 0 Å². The molecule has 8 atom stereocenters. The van der Waals surface area contributed by atoms with Crippen LogP contribution in [0, 0.1) is 17.8 Å². The van der Waals surface area contributed by atoms with E-state index in [1.807, 2.05) is 70.2 Å². The molecule has 4 aliphatic rings. The zero-order valence-corrected chi connectivity index (χ0v) is 26.6. The van der Waals surface area contributed by atoms with Crippen molar-refractivity contribution in [3.63, 3.8) is 0 Å². The van der Waals surface area contributed by atoms with Crippen LogP contribution in [0.25, 0.3) is 0 Å². The minimum absolute atomic E-state index is 0.0749. The van der Waals surface area contributed by atoms with Crippen LogP contribution < -0.4 is 5.32 Å². The van der Waals surface area contributed by atoms with Crippen molar-refractivity contribution in [3.8, 4) is 0 Å². The number of nitrogens with zero attached hydrogens (tertiary/aromatic N) is 2. The van der Waals surface area contributed by atoms with Gasteiger partial charge in [0.05, 0.1) is 37.3 Å². The number of fused-ring (bicyclic) bond motifs is 2. The van der Waals surface area contributed by atoms with Crippen LogP contribution in [-0.2, 0) is 33.4 Å². The molecule has 2 N–H and O–H groups in total. The molecule has 11 heteroatoms. The number of nitrogens with one attached hydrogen (secondary N) is 1. The standard InChI is InChI=1S/C34H45N3O8/c1-20(2)24(18-38)37-30-32(41)36(21(3)4)17-11-7-10-14-26(39)35-23(19-43-5)29(22-12-8-6-9-13-22)44-33(42)27-25-15-16-34(30,45-25)28(27)31(37)40/h6-9,11-13,15-16,20-21,23-25,27-30,38H,10,14,17-19H2,1-5H3,(H,35,39)/b11-7-/t23-,24-,25+,27-,28-,29-,30+,34-/m0/s1. The highest BCUT2D eigenvalue weighted by Gasteiger charge is 2.74. The summed E-state index contributed by atoms with van der Waals surface area (Å²) < 4.78 is 18.2. The quantitative estimate of drug-likeness (QED) is 0.349. The predicted octanol–water partition coefficient (Wildman–Crippen LogP) is 2.16. The molecule has 11 nitrogen and oxygen atoms in total. The fraction of sp³-hybridized carbons (Fsp3) is 0.588. The largest absolute Gasteiger partial charge is 0.455 e. The Morgan fingerprint density at radius 3 is 2.44 bits per heavy atom. The lowest BCUT2D eigenvalue weighted by Gasteiger charge is -2.41. The Labute approximate surface area is 264 Å². The normalized spacial score (nSPS) is 33.5. The van der Waals surface area contributed by atoms with Crippen LogP contribution in [-0.4, -0.2) is 101 Å². The topological polar surface area (TPSA) is 135 Å². The van der Waals surface area contributed by atoms with Crippen molar-refractivity contribution in [1.29, 1.82) is 0 Å². The molecule has 5 bridgehead atoms. The number of carbonyl (C=O) groups excluding carboxylic acids is 4. The van der Waals surface area contributed by atoms with Crippen LogP contribution >= 0.6 is 0 Å². The summed E-state index contributed by atoms with van der Waals surface area (Å²) in [4.78, 5) is 59.5. The van der Waals surface area contributed by atoms with Crippen LogP contribution in [0.3, 0.4) is 0 Å². The van der Waals surface area contributed by atoms with Gasteiger partial charge in [-0.2, -0.15) is 0 Å². The second-order valence-corrected chi connectivity index (χ2v) is 12.9. The fourth-order valence-corrected chi connectivity index (χ4v) is 7.26. The lowest BCUT2D eigenvalue weighted by Crippen LogP contribution is -2.60. The van der Waals surface area contributed by atoms with Crippen LogP contribution in [0.1, 0.15) is 52.2 Å². The van der Waals surface area contributed by atoms with Crippen LogP contribution in [0.4, 0.5) is 0 Å². The van der Waals surface area contributed by atoms with Crippen LogP contribution in [0.15, 0.2) is 54.6 Å². The van der Waals surface area contributed by atoms with E-state index in [0.29, 0.717) is 12.0 Å². The van der Waals surface area contributed by atoms with Crippen LogP contribution in [0.2, 0.25) is 0 Å². The number of amides is 3. The van der Waals surface area contributed by atoms with E-state index in [4.69, 9.17) is 14.2 Å². The van der Waals surface area contributed by atoms with Gasteiger partial charge in [-0.15, -0.1) is 0 Å². The van der Waals surface area contributed by atoms with Gasteiger partial charge in [-0.05, 0) is 31.7 Å². The summed E-state index contributed by atoms with van der Waals surface area (Å²) in [6, 6.07) is 6.39. The number of allylic oxidation sites excluding steroid dienone is 1. The summed E-state index contributed by atoms with van der Waals surface area (Å²) >= 11 is 0. The van der Waals surface area contributed by atoms with Gasteiger partial charge < -0.3 is 34.4 Å². The Morgan fingerprint density at radius 2 is 1.80 bits per heavy atom. The van der Waals surface area contributed by atoms with Gasteiger partial charge in [0, 0.05) is 26.1 Å². The number of ether oxygens (including phenoxy) is 3. The highest BCUT2D eigenvalue weighted by molar-refractivity contribution is 5.99. The molecule has 0 radical (unpaired) electrons. The number of aliphatic hydroxyl groups excluding tert-OH is 1. The Hall–Kier alpha value is -3.54. The van der Waals surface area contributed by atoms with Gasteiger partial charge in [0.15, 0.2) is 0 Å². The number of hydrogen-bond donors (Lipinski definition) is 2. The maximum absolute atomic E-state index is 14.6. The summed E-state index contributed by atoms with van der Waals surface area (Å²) in [6.45, 7) is 7.54. The molecule has 45 heavy (non-hydrogen) atoms. The Kier molecular flexibility index (Phi) is 9.81. The molecule has 1 aromatic rings. The lowest BCUT2D eigenvalue weighted by atomic mass is 9.74. The zero-order chi connectivity index (χ0) is 32.5. The van der Waals surface area contributed by atoms with Gasteiger partial charge in [0.1, 0.15) is 23.7 Å². The zero-order valence-electron chi connectivity index (χ0n) is 26.6. The monoisotopic (exact) mass is 623 g/mol. The number of aliphatic hydroxyl groups is 1. The van der Waals surface area contributed by atoms with E-state index >= 15 is 0 Å². The predicted molar refractivity (Wildman–Crippen MR) is 164 cm³/mol. The molecule has 0 aromatic heterocycles. The first-order valence-corrected chi connectivity index (χ1v) is 15.8. The molecule has 3 amide bonds. The molecule has 1 aromatic carbocycles. The first-order valence-electron chi connectivity index (χ1n) is 15.8. The summed E-state index contributed by atoms with van der Waals surface area (Å²) in [5.74, 6) is -3.91. The van der Waals surface area contributed by atoms with Crippen molar-refractivity contribution < 1.29 is 38.5 Å². The second kappa shape index (κ2) is 13.4. The number of benzene rings is 1. The third kappa shape index (κ3) is 5.93. The molecule has 0 aliphatic carbocycles. The van der Waals surface area contributed by atoms with E-state index in [9.17, 15) is 24.3 Å². The van der Waals surface area contributed by atoms with Crippen molar-refractivity contribution in [2.24, 2.45) is 17.8 Å². The van der Waals surface area contributed by atoms with Gasteiger partial charge in [-0.25, -0.2) is 0 Å². The number of methoxy groups -OCH3 is 1. The molecule has 0 saturated carbocycles. The number of rotatable bonds is 7. The smallest absolute Gasteiger partial charge is 0.313 e. The van der Waals surface area contributed by atoms with E-state index in [2.05, 4.69) is 5.32 Å². The van der Waals surface area contributed by atoms with Gasteiger partial charge in [-0.3, -0.25) is 19.2 Å². The fourth-order valence-electron chi connectivity index (χ4n) is 7.26. The minimum atomic E-state index is -1.40. The third-order valence-electron chi connectivity index (χ3n) is 9.47. The number of esters is 1. The first kappa shape index (κ1) is 32.8. The molecule has 244 valence electrons. The average Bonchev–Trinajstić information content (AvgIpc) is 3.65. The van der Waals surface area contributed by atoms with Crippen molar-refractivity contribution in [2.75, 3.05) is 26.9 Å². The first-order chi connectivity index (χ1) is 21.5. The minimum Gasteiger partial charge on any atom is -0.455 e. The molecular weight excluding hydrogens is 578 g/mol. The van der Waals surface area contributed by atoms with Crippen molar-refractivity contribution in [3.05, 3.63) is 60.2 Å². The molecule has 5 rings (SSSR count). The van der Waals surface area contributed by atoms with E-state index in [1.165, 1.54) is 12.0 Å². The Bertz CT molecular complexity index is 1330. The van der Waals surface area contributed by atoms with Gasteiger partial charge in [-0.1, -0.05) is 68.5 Å². The maximum Gasteiger partial charge on any atom is 0.313 e. The van der Waals surface area contributed by atoms with E-state index in [-0.39, 0.29) is 50.0 Å². The van der Waals surface area contributed by atoms with Gasteiger partial charge in [0.25, 0.3) is 0 Å². The van der Waals surface area contributed by atoms with E-state index in [1.54, 1.807) is 17.1 Å². The molecular formula is C34H45N3O8. The SMILES string of the molecule is COC[C@@H]1NC(=O)CC/C=C\CN(C(C)C)C(=O)[C@H]2N([C@@H](CO)C(C)C)C(=O)[C@@H]3[C@@H](C(=O)O[C@H]1c1ccccc1)[C@H]1C=C[C@]32O1. The molecule has 4 heterocycles. The summed E-state index contributed by atoms with van der Waals surface area (Å²) in [5, 5.41) is 13.5. The molecule has 2 fully saturated rings. The summed E-state index contributed by atoms with van der Waals surface area (Å²) in [5.41, 5.74) is -0.751. The summed E-state index contributed by atoms with van der Waals surface area (Å²) in [7, 11) is 1.51. The summed E-state index contributed by atoms with van der Waals surface area (Å²) in [6.07, 6.45) is 6.11. The third-order valence-corrected chi connectivity index (χ3v) is 9.47. The van der Waals surface area contributed by atoms with Crippen molar-refractivity contribution >= 4 is 23.7 Å².